The van der Waals surface area contributed by atoms with Crippen LogP contribution in [0.3, 0.4) is 0 Å². The van der Waals surface area contributed by atoms with E-state index in [1.54, 1.807) is 0 Å². The van der Waals surface area contributed by atoms with Crippen molar-refractivity contribution in [3.63, 3.8) is 0 Å². The van der Waals surface area contributed by atoms with Gasteiger partial charge in [-0.3, -0.25) is 9.52 Å². The number of hydrogen-bond acceptors (Lipinski definition) is 5. The normalized spacial score (nSPS) is 15.2. The average Bonchev–Trinajstić information content (AvgIpc) is 2.65. The van der Waals surface area contributed by atoms with Gasteiger partial charge in [0, 0.05) is 30.7 Å². The van der Waals surface area contributed by atoms with Crippen molar-refractivity contribution >= 4 is 39.0 Å². The van der Waals surface area contributed by atoms with Crippen molar-refractivity contribution in [1.82, 2.24) is 4.98 Å². The first-order valence-corrected chi connectivity index (χ1v) is 10.7. The number of sulfonamides is 1. The molecule has 1 fully saturated rings. The Balaban J connectivity index is 1.67. The molecule has 1 aromatic heterocycles. The fourth-order valence-electron chi connectivity index (χ4n) is 2.83. The summed E-state index contributed by atoms with van der Waals surface area (Å²) in [5.74, 6) is -1.04. The summed E-state index contributed by atoms with van der Waals surface area (Å²) in [5.41, 5.74) is 0.508. The summed E-state index contributed by atoms with van der Waals surface area (Å²) in [6.45, 7) is 1.11. The monoisotopic (exact) mass is 427 g/mol. The van der Waals surface area contributed by atoms with Gasteiger partial charge in [-0.05, 0) is 49.1 Å². The van der Waals surface area contributed by atoms with E-state index in [-0.39, 0.29) is 28.1 Å². The molecule has 3 rings (SSSR count). The van der Waals surface area contributed by atoms with Gasteiger partial charge in [0.2, 0.25) is 10.0 Å². The molecule has 1 saturated heterocycles. The molecule has 1 amide bonds. The van der Waals surface area contributed by atoms with Crippen LogP contribution in [-0.4, -0.2) is 38.3 Å². The molecule has 28 heavy (non-hydrogen) atoms. The van der Waals surface area contributed by atoms with Crippen LogP contribution in [0.5, 0.6) is 0 Å². The number of nitrogens with one attached hydrogen (secondary N) is 2. The predicted molar refractivity (Wildman–Crippen MR) is 105 cm³/mol. The molecule has 2 N–H and O–H groups in total. The zero-order chi connectivity index (χ0) is 20.1. The highest BCUT2D eigenvalue weighted by Gasteiger charge is 2.22. The van der Waals surface area contributed by atoms with Crippen LogP contribution in [0.25, 0.3) is 0 Å². The Morgan fingerprint density at radius 1 is 1.25 bits per heavy atom. The highest BCUT2D eigenvalue weighted by atomic mass is 35.5. The molecule has 0 bridgehead atoms. The summed E-state index contributed by atoms with van der Waals surface area (Å²) in [4.78, 5) is 16.3. The fraction of sp³-hybridized carbons (Fsp3) is 0.333. The van der Waals surface area contributed by atoms with Gasteiger partial charge in [-0.15, -0.1) is 0 Å². The highest BCUT2D eigenvalue weighted by molar-refractivity contribution is 7.92. The second kappa shape index (κ2) is 8.85. The molecular formula is C18H19ClFN3O4S. The minimum Gasteiger partial charge on any atom is -0.381 e. The summed E-state index contributed by atoms with van der Waals surface area (Å²) >= 11 is 5.70. The maximum absolute atomic E-state index is 13.2. The molecular weight excluding hydrogens is 409 g/mol. The highest BCUT2D eigenvalue weighted by Crippen LogP contribution is 2.21. The minimum absolute atomic E-state index is 0.0253. The van der Waals surface area contributed by atoms with E-state index >= 15 is 0 Å². The van der Waals surface area contributed by atoms with Gasteiger partial charge in [0.25, 0.3) is 5.91 Å². The summed E-state index contributed by atoms with van der Waals surface area (Å²) < 4.78 is 45.6. The lowest BCUT2D eigenvalue weighted by Gasteiger charge is -2.21. The number of carbonyl (C=O) groups is 1. The van der Waals surface area contributed by atoms with E-state index in [1.807, 2.05) is 0 Å². The quantitative estimate of drug-likeness (QED) is 0.737. The van der Waals surface area contributed by atoms with Crippen molar-refractivity contribution in [2.45, 2.75) is 12.8 Å². The Kier molecular flexibility index (Phi) is 6.48. The smallest absolute Gasteiger partial charge is 0.255 e. The summed E-state index contributed by atoms with van der Waals surface area (Å²) in [7, 11) is -3.60. The zero-order valence-electron chi connectivity index (χ0n) is 14.8. The Morgan fingerprint density at radius 3 is 2.71 bits per heavy atom. The third kappa shape index (κ3) is 5.63. The van der Waals surface area contributed by atoms with Gasteiger partial charge in [-0.2, -0.15) is 0 Å². The molecule has 0 radical (unpaired) electrons. The maximum Gasteiger partial charge on any atom is 0.255 e. The van der Waals surface area contributed by atoms with Gasteiger partial charge in [-0.25, -0.2) is 17.8 Å². The van der Waals surface area contributed by atoms with Crippen molar-refractivity contribution in [2.24, 2.45) is 5.92 Å². The number of benzene rings is 1. The van der Waals surface area contributed by atoms with Crippen molar-refractivity contribution in [2.75, 3.05) is 29.0 Å². The number of anilines is 2. The van der Waals surface area contributed by atoms with Crippen molar-refractivity contribution < 1.29 is 22.3 Å². The van der Waals surface area contributed by atoms with Crippen LogP contribution in [0, 0.1) is 11.7 Å². The van der Waals surface area contributed by atoms with Crippen molar-refractivity contribution in [3.05, 3.63) is 52.9 Å². The summed E-state index contributed by atoms with van der Waals surface area (Å²) in [5, 5.41) is 2.46. The molecule has 0 atom stereocenters. The van der Waals surface area contributed by atoms with Gasteiger partial charge in [0.05, 0.1) is 10.8 Å². The Labute approximate surface area is 167 Å². The topological polar surface area (TPSA) is 97.4 Å². The molecule has 0 spiro atoms. The molecule has 0 saturated carbocycles. The van der Waals surface area contributed by atoms with Gasteiger partial charge in [0.1, 0.15) is 11.6 Å². The molecule has 0 aliphatic carbocycles. The van der Waals surface area contributed by atoms with E-state index in [0.717, 1.165) is 6.07 Å². The van der Waals surface area contributed by atoms with Crippen LogP contribution >= 0.6 is 11.6 Å². The van der Waals surface area contributed by atoms with E-state index < -0.39 is 21.7 Å². The van der Waals surface area contributed by atoms with E-state index in [0.29, 0.717) is 31.7 Å². The van der Waals surface area contributed by atoms with Crippen LogP contribution in [0.1, 0.15) is 23.2 Å². The third-order valence-corrected chi connectivity index (χ3v) is 5.98. The standard InChI is InChI=1S/C18H19ClFN3O4S/c19-15-10-14(1-2-16(15)20)22-18(24)13-3-6-21-17(9-13)23-28(25,26)11-12-4-7-27-8-5-12/h1-3,6,9-10,12H,4-5,7-8,11H2,(H,21,23)(H,22,24). The number of halogens is 2. The molecule has 150 valence electrons. The lowest BCUT2D eigenvalue weighted by molar-refractivity contribution is 0.0724. The van der Waals surface area contributed by atoms with Gasteiger partial charge >= 0.3 is 0 Å². The number of amides is 1. The third-order valence-electron chi connectivity index (χ3n) is 4.26. The number of pyridine rings is 1. The predicted octanol–water partition coefficient (Wildman–Crippen LogP) is 3.29. The molecule has 0 unspecified atom stereocenters. The Hall–Kier alpha value is -2.23. The SMILES string of the molecule is O=C(Nc1ccc(F)c(Cl)c1)c1ccnc(NS(=O)(=O)CC2CCOCC2)c1. The van der Waals surface area contributed by atoms with E-state index in [1.165, 1.54) is 30.5 Å². The molecule has 10 heteroatoms. The Morgan fingerprint density at radius 2 is 2.00 bits per heavy atom. The number of ether oxygens (including phenoxy) is 1. The number of aromatic nitrogens is 1. The molecule has 2 heterocycles. The first kappa shape index (κ1) is 20.5. The fourth-order valence-corrected chi connectivity index (χ4v) is 4.48. The summed E-state index contributed by atoms with van der Waals surface area (Å²) in [6.07, 6.45) is 2.72. The molecule has 1 aliphatic heterocycles. The lowest BCUT2D eigenvalue weighted by Crippen LogP contribution is -2.27. The van der Waals surface area contributed by atoms with E-state index in [2.05, 4.69) is 15.0 Å². The van der Waals surface area contributed by atoms with Crippen LogP contribution in [0.2, 0.25) is 5.02 Å². The minimum atomic E-state index is -3.60. The van der Waals surface area contributed by atoms with Gasteiger partial charge < -0.3 is 10.1 Å². The summed E-state index contributed by atoms with van der Waals surface area (Å²) in [6, 6.07) is 6.57. The van der Waals surface area contributed by atoms with E-state index in [4.69, 9.17) is 16.3 Å². The van der Waals surface area contributed by atoms with Crippen molar-refractivity contribution in [1.29, 1.82) is 0 Å². The largest absolute Gasteiger partial charge is 0.381 e. The number of carbonyl (C=O) groups excluding carboxylic acids is 1. The molecule has 2 aromatic rings. The van der Waals surface area contributed by atoms with Crippen LogP contribution < -0.4 is 10.0 Å². The van der Waals surface area contributed by atoms with Gasteiger partial charge in [0.15, 0.2) is 0 Å². The average molecular weight is 428 g/mol. The van der Waals surface area contributed by atoms with Crippen LogP contribution in [-0.2, 0) is 14.8 Å². The second-order valence-electron chi connectivity index (χ2n) is 6.45. The number of hydrogen-bond donors (Lipinski definition) is 2. The van der Waals surface area contributed by atoms with E-state index in [9.17, 15) is 17.6 Å². The van der Waals surface area contributed by atoms with Crippen LogP contribution in [0.15, 0.2) is 36.5 Å². The molecule has 7 nitrogen and oxygen atoms in total. The first-order valence-electron chi connectivity index (χ1n) is 8.63. The molecule has 1 aliphatic rings. The Bertz CT molecular complexity index is 965. The maximum atomic E-state index is 13.2. The first-order chi connectivity index (χ1) is 13.3. The zero-order valence-corrected chi connectivity index (χ0v) is 16.4. The number of rotatable bonds is 6. The lowest BCUT2D eigenvalue weighted by atomic mass is 10.0. The van der Waals surface area contributed by atoms with Gasteiger partial charge in [-0.1, -0.05) is 11.6 Å². The second-order valence-corrected chi connectivity index (χ2v) is 8.63. The van der Waals surface area contributed by atoms with Crippen molar-refractivity contribution in [3.8, 4) is 0 Å². The van der Waals surface area contributed by atoms with Crippen LogP contribution in [0.4, 0.5) is 15.9 Å². The number of nitrogens with zero attached hydrogens (tertiary/aromatic N) is 1. The molecule has 1 aromatic carbocycles.